The van der Waals surface area contributed by atoms with E-state index in [-0.39, 0.29) is 12.2 Å². The molecule has 1 heterocycles. The Hall–Kier alpha value is -3.58. The van der Waals surface area contributed by atoms with E-state index in [0.29, 0.717) is 0 Å². The number of aromatic amines is 1. The largest absolute Gasteiger partial charge is 0.481 e. The number of benzene rings is 1. The van der Waals surface area contributed by atoms with Gasteiger partial charge in [-0.25, -0.2) is 0 Å². The van der Waals surface area contributed by atoms with E-state index in [4.69, 9.17) is 15.9 Å². The minimum absolute atomic E-state index is 0.131. The number of H-pyrrole nitrogens is 1. The molecule has 4 unspecified atom stereocenters. The number of carbonyl (C=O) groups excluding carboxylic acids is 3. The van der Waals surface area contributed by atoms with Crippen LogP contribution in [0.15, 0.2) is 30.5 Å². The number of nitrogens with one attached hydrogen (secondary N) is 4. The Kier molecular flexibility index (Phi) is 9.45. The Morgan fingerprint density at radius 3 is 2.24 bits per heavy atom. The van der Waals surface area contributed by atoms with Gasteiger partial charge in [-0.3, -0.25) is 24.0 Å². The number of fused-ring (bicyclic) bond motifs is 1. The average Bonchev–Trinajstić information content (AvgIpc) is 3.18. The van der Waals surface area contributed by atoms with Gasteiger partial charge in [0.15, 0.2) is 0 Å². The molecule has 0 radical (unpaired) electrons. The fourth-order valence-corrected chi connectivity index (χ4v) is 3.39. The molecule has 2 rings (SSSR count). The number of carbonyl (C=O) groups is 5. The van der Waals surface area contributed by atoms with Crippen LogP contribution >= 0.6 is 12.6 Å². The average molecular weight is 494 g/mol. The van der Waals surface area contributed by atoms with E-state index in [1.54, 1.807) is 6.20 Å². The molecule has 2 aromatic rings. The first-order valence-electron chi connectivity index (χ1n) is 10.3. The van der Waals surface area contributed by atoms with Gasteiger partial charge < -0.3 is 36.9 Å². The van der Waals surface area contributed by atoms with Crippen LogP contribution < -0.4 is 21.7 Å². The lowest BCUT2D eigenvalue weighted by Crippen LogP contribution is -2.58. The molecule has 184 valence electrons. The van der Waals surface area contributed by atoms with Crippen LogP contribution in [-0.4, -0.2) is 74.8 Å². The normalized spacial score (nSPS) is 14.4. The van der Waals surface area contributed by atoms with Crippen molar-refractivity contribution in [1.82, 2.24) is 20.9 Å². The molecule has 8 N–H and O–H groups in total. The van der Waals surface area contributed by atoms with Crippen LogP contribution in [0.3, 0.4) is 0 Å². The summed E-state index contributed by atoms with van der Waals surface area (Å²) >= 11 is 3.97. The van der Waals surface area contributed by atoms with Gasteiger partial charge in [-0.1, -0.05) is 18.2 Å². The van der Waals surface area contributed by atoms with Crippen LogP contribution in [0.25, 0.3) is 10.9 Å². The van der Waals surface area contributed by atoms with Crippen molar-refractivity contribution in [2.45, 2.75) is 43.9 Å². The summed E-state index contributed by atoms with van der Waals surface area (Å²) in [6, 6.07) is 2.34. The summed E-state index contributed by atoms with van der Waals surface area (Å²) < 4.78 is 0. The van der Waals surface area contributed by atoms with Crippen LogP contribution in [0.5, 0.6) is 0 Å². The van der Waals surface area contributed by atoms with Crippen molar-refractivity contribution in [3.63, 3.8) is 0 Å². The number of aliphatic carboxylic acids is 2. The number of thiol groups is 1. The van der Waals surface area contributed by atoms with E-state index in [9.17, 15) is 24.0 Å². The number of aromatic nitrogens is 1. The Morgan fingerprint density at radius 2 is 1.62 bits per heavy atom. The summed E-state index contributed by atoms with van der Waals surface area (Å²) in [6.45, 7) is 1.24. The van der Waals surface area contributed by atoms with Crippen molar-refractivity contribution >= 4 is 53.2 Å². The summed E-state index contributed by atoms with van der Waals surface area (Å²) in [5.41, 5.74) is 7.64. The number of amides is 3. The molecule has 3 amide bonds. The van der Waals surface area contributed by atoms with Gasteiger partial charge in [0, 0.05) is 22.9 Å². The molecule has 0 bridgehead atoms. The maximum Gasteiger partial charge on any atom is 0.325 e. The monoisotopic (exact) mass is 493 g/mol. The summed E-state index contributed by atoms with van der Waals surface area (Å²) in [6.07, 6.45) is 1.09. The third-order valence-electron chi connectivity index (χ3n) is 5.01. The SMILES string of the molecule is CC(NC(=O)C(CS)NC(=O)C(CC(=O)O)NC(=O)C(N)Cc1c[nH]c2ccccc12)C(=O)O. The molecular weight excluding hydrogens is 466 g/mol. The van der Waals surface area contributed by atoms with Crippen LogP contribution in [0, 0.1) is 0 Å². The molecule has 34 heavy (non-hydrogen) atoms. The van der Waals surface area contributed by atoms with E-state index in [1.165, 1.54) is 6.92 Å². The highest BCUT2D eigenvalue weighted by Crippen LogP contribution is 2.18. The van der Waals surface area contributed by atoms with E-state index >= 15 is 0 Å². The second-order valence-electron chi connectivity index (χ2n) is 7.64. The standard InChI is InChI=1S/C21H27N5O7S/c1-10(21(32)33)24-20(31)16(9-34)26-19(30)15(7-17(27)28)25-18(29)13(22)6-11-8-23-14-5-3-2-4-12(11)14/h2-5,8,10,13,15-16,23,34H,6-7,9,22H2,1H3,(H,24,31)(H,25,29)(H,26,30)(H,27,28)(H,32,33). The number of hydrogen-bond acceptors (Lipinski definition) is 7. The molecular formula is C21H27N5O7S. The smallest absolute Gasteiger partial charge is 0.325 e. The first-order chi connectivity index (χ1) is 16.0. The highest BCUT2D eigenvalue weighted by molar-refractivity contribution is 7.80. The van der Waals surface area contributed by atoms with Gasteiger partial charge in [-0.2, -0.15) is 12.6 Å². The second-order valence-corrected chi connectivity index (χ2v) is 8.01. The summed E-state index contributed by atoms with van der Waals surface area (Å²) in [5.74, 6) is -5.37. The minimum atomic E-state index is -1.52. The maximum atomic E-state index is 12.7. The molecule has 1 aromatic heterocycles. The topological polar surface area (TPSA) is 204 Å². The fraction of sp³-hybridized carbons (Fsp3) is 0.381. The molecule has 1 aromatic carbocycles. The van der Waals surface area contributed by atoms with Gasteiger partial charge in [0.2, 0.25) is 17.7 Å². The minimum Gasteiger partial charge on any atom is -0.481 e. The maximum absolute atomic E-state index is 12.7. The molecule has 12 nitrogen and oxygen atoms in total. The zero-order chi connectivity index (χ0) is 25.4. The Morgan fingerprint density at radius 1 is 1.00 bits per heavy atom. The first-order valence-corrected chi connectivity index (χ1v) is 10.9. The van der Waals surface area contributed by atoms with Gasteiger partial charge in [0.25, 0.3) is 0 Å². The molecule has 0 aliphatic rings. The summed E-state index contributed by atoms with van der Waals surface area (Å²) in [4.78, 5) is 62.7. The van der Waals surface area contributed by atoms with Gasteiger partial charge in [0.05, 0.1) is 12.5 Å². The van der Waals surface area contributed by atoms with Crippen molar-refractivity contribution in [2.75, 3.05) is 5.75 Å². The zero-order valence-electron chi connectivity index (χ0n) is 18.3. The summed E-state index contributed by atoms with van der Waals surface area (Å²) in [7, 11) is 0. The first kappa shape index (κ1) is 26.7. The number of nitrogens with two attached hydrogens (primary N) is 1. The molecule has 0 fully saturated rings. The van der Waals surface area contributed by atoms with Crippen molar-refractivity contribution in [3.05, 3.63) is 36.0 Å². The van der Waals surface area contributed by atoms with Crippen LogP contribution in [0.1, 0.15) is 18.9 Å². The quantitative estimate of drug-likeness (QED) is 0.172. The third-order valence-corrected chi connectivity index (χ3v) is 5.37. The molecule has 0 spiro atoms. The highest BCUT2D eigenvalue weighted by atomic mass is 32.1. The van der Waals surface area contributed by atoms with Gasteiger partial charge in [-0.05, 0) is 25.0 Å². The number of carboxylic acids is 2. The predicted molar refractivity (Wildman–Crippen MR) is 125 cm³/mol. The van der Waals surface area contributed by atoms with Crippen molar-refractivity contribution < 1.29 is 34.2 Å². The van der Waals surface area contributed by atoms with E-state index in [0.717, 1.165) is 16.5 Å². The Bertz CT molecular complexity index is 1070. The highest BCUT2D eigenvalue weighted by Gasteiger charge is 2.30. The molecule has 4 atom stereocenters. The lowest BCUT2D eigenvalue weighted by Gasteiger charge is -2.23. The lowest BCUT2D eigenvalue weighted by atomic mass is 10.0. The summed E-state index contributed by atoms with van der Waals surface area (Å²) in [5, 5.41) is 25.7. The van der Waals surface area contributed by atoms with Crippen molar-refractivity contribution in [1.29, 1.82) is 0 Å². The number of carboxylic acid groups (broad SMARTS) is 2. The molecule has 0 aliphatic heterocycles. The number of para-hydroxylation sites is 1. The van der Waals surface area contributed by atoms with E-state index in [1.807, 2.05) is 24.3 Å². The Labute approximate surface area is 200 Å². The fourth-order valence-electron chi connectivity index (χ4n) is 3.13. The van der Waals surface area contributed by atoms with Gasteiger partial charge >= 0.3 is 11.9 Å². The zero-order valence-corrected chi connectivity index (χ0v) is 19.2. The van der Waals surface area contributed by atoms with Crippen LogP contribution in [-0.2, 0) is 30.4 Å². The lowest BCUT2D eigenvalue weighted by molar-refractivity contribution is -0.142. The molecule has 0 aliphatic carbocycles. The molecule has 0 saturated carbocycles. The number of hydrogen-bond donors (Lipinski definition) is 8. The number of rotatable bonds is 12. The van der Waals surface area contributed by atoms with Crippen molar-refractivity contribution in [2.24, 2.45) is 5.73 Å². The van der Waals surface area contributed by atoms with Crippen molar-refractivity contribution in [3.8, 4) is 0 Å². The van der Waals surface area contributed by atoms with Gasteiger partial charge in [-0.15, -0.1) is 0 Å². The van der Waals surface area contributed by atoms with Crippen LogP contribution in [0.4, 0.5) is 0 Å². The van der Waals surface area contributed by atoms with Gasteiger partial charge in [0.1, 0.15) is 18.1 Å². The van der Waals surface area contributed by atoms with E-state index in [2.05, 4.69) is 33.6 Å². The second kappa shape index (κ2) is 12.0. The predicted octanol–water partition coefficient (Wildman–Crippen LogP) is -0.999. The van der Waals surface area contributed by atoms with Crippen LogP contribution in [0.2, 0.25) is 0 Å². The molecule has 0 saturated heterocycles. The Balaban J connectivity index is 2.06. The van der Waals surface area contributed by atoms with E-state index < -0.39 is 60.2 Å². The third kappa shape index (κ3) is 7.22. The molecule has 13 heteroatoms.